The molecule has 5 nitrogen and oxygen atoms in total. The van der Waals surface area contributed by atoms with Crippen LogP contribution in [0.25, 0.3) is 22.3 Å². The van der Waals surface area contributed by atoms with Gasteiger partial charge in [-0.15, -0.1) is 0 Å². The van der Waals surface area contributed by atoms with Crippen molar-refractivity contribution in [2.24, 2.45) is 0 Å². The van der Waals surface area contributed by atoms with Crippen LogP contribution in [0.15, 0.2) is 61.1 Å². The van der Waals surface area contributed by atoms with Crippen molar-refractivity contribution in [1.29, 1.82) is 0 Å². The molecule has 0 bridgehead atoms. The summed E-state index contributed by atoms with van der Waals surface area (Å²) in [5.74, 6) is 1.57. The Kier molecular flexibility index (Phi) is 2.67. The van der Waals surface area contributed by atoms with Gasteiger partial charge >= 0.3 is 0 Å². The van der Waals surface area contributed by atoms with Crippen molar-refractivity contribution >= 4 is 11.0 Å². The second-order valence-electron chi connectivity index (χ2n) is 4.68. The summed E-state index contributed by atoms with van der Waals surface area (Å²) in [5, 5.41) is 6.88. The van der Waals surface area contributed by atoms with Gasteiger partial charge in [-0.1, -0.05) is 0 Å². The summed E-state index contributed by atoms with van der Waals surface area (Å²) < 4.78 is 5.85. The molecule has 0 unspecified atom stereocenters. The number of hydrogen-bond acceptors (Lipinski definition) is 3. The molecule has 2 aromatic carbocycles. The van der Waals surface area contributed by atoms with Crippen LogP contribution < -0.4 is 4.74 Å². The van der Waals surface area contributed by atoms with Crippen molar-refractivity contribution < 1.29 is 4.74 Å². The van der Waals surface area contributed by atoms with Gasteiger partial charge in [0.15, 0.2) is 0 Å². The second kappa shape index (κ2) is 4.79. The topological polar surface area (TPSA) is 66.6 Å². The first-order chi connectivity index (χ1) is 10.4. The zero-order valence-corrected chi connectivity index (χ0v) is 11.1. The number of aromatic amines is 2. The molecule has 0 saturated heterocycles. The van der Waals surface area contributed by atoms with Crippen LogP contribution in [0.1, 0.15) is 0 Å². The van der Waals surface area contributed by atoms with Crippen LogP contribution >= 0.6 is 0 Å². The van der Waals surface area contributed by atoms with Crippen molar-refractivity contribution in [3.05, 3.63) is 61.1 Å². The molecule has 2 aromatic heterocycles. The van der Waals surface area contributed by atoms with Gasteiger partial charge < -0.3 is 9.72 Å². The Morgan fingerprint density at radius 3 is 2.57 bits per heavy atom. The van der Waals surface area contributed by atoms with Crippen LogP contribution in [-0.4, -0.2) is 20.2 Å². The van der Waals surface area contributed by atoms with Crippen molar-refractivity contribution in [2.45, 2.75) is 0 Å². The smallest absolute Gasteiger partial charge is 0.129 e. The van der Waals surface area contributed by atoms with Crippen LogP contribution in [0.5, 0.6) is 11.5 Å². The molecule has 2 heterocycles. The largest absolute Gasteiger partial charge is 0.457 e. The average molecular weight is 276 g/mol. The monoisotopic (exact) mass is 276 g/mol. The predicted octanol–water partition coefficient (Wildman–Crippen LogP) is 3.75. The highest BCUT2D eigenvalue weighted by Gasteiger charge is 2.03. The average Bonchev–Trinajstić information content (AvgIpc) is 3.19. The Morgan fingerprint density at radius 2 is 1.76 bits per heavy atom. The van der Waals surface area contributed by atoms with E-state index >= 15 is 0 Å². The van der Waals surface area contributed by atoms with Gasteiger partial charge in [0.25, 0.3) is 0 Å². The maximum absolute atomic E-state index is 5.85. The summed E-state index contributed by atoms with van der Waals surface area (Å²) in [5.41, 5.74) is 3.95. The van der Waals surface area contributed by atoms with Crippen LogP contribution in [0.3, 0.4) is 0 Å². The SMILES string of the molecule is c1cc(-c2ccc(Oc3ccc4nc[nH]c4c3)cc2)[nH]n1. The highest BCUT2D eigenvalue weighted by molar-refractivity contribution is 5.76. The molecule has 0 spiro atoms. The summed E-state index contributed by atoms with van der Waals surface area (Å²) in [4.78, 5) is 7.26. The predicted molar refractivity (Wildman–Crippen MR) is 80.2 cm³/mol. The van der Waals surface area contributed by atoms with Crippen molar-refractivity contribution in [3.63, 3.8) is 0 Å². The maximum atomic E-state index is 5.85. The van der Waals surface area contributed by atoms with Gasteiger partial charge in [0.2, 0.25) is 0 Å². The lowest BCUT2D eigenvalue weighted by Gasteiger charge is -2.06. The molecule has 5 heteroatoms. The molecule has 0 fully saturated rings. The lowest BCUT2D eigenvalue weighted by atomic mass is 10.1. The van der Waals surface area contributed by atoms with E-state index in [1.54, 1.807) is 12.5 Å². The van der Waals surface area contributed by atoms with Gasteiger partial charge in [-0.2, -0.15) is 5.10 Å². The third kappa shape index (κ3) is 2.25. The number of nitrogens with zero attached hydrogens (tertiary/aromatic N) is 2. The lowest BCUT2D eigenvalue weighted by Crippen LogP contribution is -1.85. The third-order valence-corrected chi connectivity index (χ3v) is 3.29. The van der Waals surface area contributed by atoms with Crippen molar-refractivity contribution in [3.8, 4) is 22.8 Å². The van der Waals surface area contributed by atoms with Crippen LogP contribution in [0.4, 0.5) is 0 Å². The van der Waals surface area contributed by atoms with Gasteiger partial charge in [0.05, 0.1) is 23.1 Å². The zero-order chi connectivity index (χ0) is 14.1. The Balaban J connectivity index is 1.59. The van der Waals surface area contributed by atoms with Gasteiger partial charge in [0.1, 0.15) is 11.5 Å². The van der Waals surface area contributed by atoms with Gasteiger partial charge in [0, 0.05) is 12.3 Å². The number of benzene rings is 2. The van der Waals surface area contributed by atoms with E-state index in [2.05, 4.69) is 20.2 Å². The Hall–Kier alpha value is -3.08. The fraction of sp³-hybridized carbons (Fsp3) is 0. The highest BCUT2D eigenvalue weighted by atomic mass is 16.5. The van der Waals surface area contributed by atoms with Crippen LogP contribution in [0, 0.1) is 0 Å². The van der Waals surface area contributed by atoms with E-state index in [9.17, 15) is 0 Å². The van der Waals surface area contributed by atoms with Crippen LogP contribution in [-0.2, 0) is 0 Å². The second-order valence-corrected chi connectivity index (χ2v) is 4.68. The van der Waals surface area contributed by atoms with Gasteiger partial charge in [-0.05, 0) is 48.0 Å². The van der Waals surface area contributed by atoms with E-state index in [4.69, 9.17) is 4.74 Å². The van der Waals surface area contributed by atoms with E-state index in [0.717, 1.165) is 33.8 Å². The number of imidazole rings is 1. The Morgan fingerprint density at radius 1 is 0.905 bits per heavy atom. The maximum Gasteiger partial charge on any atom is 0.129 e. The normalized spacial score (nSPS) is 10.9. The fourth-order valence-electron chi connectivity index (χ4n) is 2.23. The molecule has 0 atom stereocenters. The summed E-state index contributed by atoms with van der Waals surface area (Å²) >= 11 is 0. The number of ether oxygens (including phenoxy) is 1. The molecule has 0 aliphatic rings. The Labute approximate surface area is 120 Å². The molecule has 0 aliphatic carbocycles. The number of nitrogens with one attached hydrogen (secondary N) is 2. The molecule has 4 aromatic rings. The quantitative estimate of drug-likeness (QED) is 0.599. The molecule has 0 amide bonds. The number of aromatic nitrogens is 4. The summed E-state index contributed by atoms with van der Waals surface area (Å²) in [6.07, 6.45) is 3.41. The Bertz CT molecular complexity index is 863. The van der Waals surface area contributed by atoms with E-state index < -0.39 is 0 Å². The van der Waals surface area contributed by atoms with E-state index in [1.165, 1.54) is 0 Å². The minimum absolute atomic E-state index is 0.779. The number of rotatable bonds is 3. The molecular weight excluding hydrogens is 264 g/mol. The molecular formula is C16H12N4O. The lowest BCUT2D eigenvalue weighted by molar-refractivity contribution is 0.483. The number of fused-ring (bicyclic) bond motifs is 1. The molecule has 102 valence electrons. The van der Waals surface area contributed by atoms with E-state index in [0.29, 0.717) is 0 Å². The molecule has 0 aliphatic heterocycles. The minimum Gasteiger partial charge on any atom is -0.457 e. The fourth-order valence-corrected chi connectivity index (χ4v) is 2.23. The first kappa shape index (κ1) is 11.7. The summed E-state index contributed by atoms with van der Waals surface area (Å²) in [7, 11) is 0. The van der Waals surface area contributed by atoms with Gasteiger partial charge in [-0.3, -0.25) is 5.10 Å². The number of H-pyrrole nitrogens is 2. The van der Waals surface area contributed by atoms with Crippen LogP contribution in [0.2, 0.25) is 0 Å². The molecule has 4 rings (SSSR count). The number of hydrogen-bond donors (Lipinski definition) is 2. The van der Waals surface area contributed by atoms with E-state index in [1.807, 2.05) is 48.5 Å². The van der Waals surface area contributed by atoms with Crippen molar-refractivity contribution in [1.82, 2.24) is 20.2 Å². The molecule has 2 N–H and O–H groups in total. The van der Waals surface area contributed by atoms with Gasteiger partial charge in [-0.25, -0.2) is 4.98 Å². The molecule has 21 heavy (non-hydrogen) atoms. The standard InChI is InChI=1S/C16H12N4O/c1-3-12(4-2-11(1)14-7-8-19-20-14)21-13-5-6-15-16(9-13)18-10-17-15/h1-10H,(H,17,18)(H,19,20). The first-order valence-electron chi connectivity index (χ1n) is 6.59. The van der Waals surface area contributed by atoms with E-state index in [-0.39, 0.29) is 0 Å². The minimum atomic E-state index is 0.779. The molecule has 0 radical (unpaired) electrons. The highest BCUT2D eigenvalue weighted by Crippen LogP contribution is 2.26. The third-order valence-electron chi connectivity index (χ3n) is 3.29. The summed E-state index contributed by atoms with van der Waals surface area (Å²) in [6.45, 7) is 0. The molecule has 0 saturated carbocycles. The summed E-state index contributed by atoms with van der Waals surface area (Å²) in [6, 6.07) is 15.6. The first-order valence-corrected chi connectivity index (χ1v) is 6.59. The zero-order valence-electron chi connectivity index (χ0n) is 11.1. The van der Waals surface area contributed by atoms with Crippen molar-refractivity contribution in [2.75, 3.05) is 0 Å².